The summed E-state index contributed by atoms with van der Waals surface area (Å²) in [5, 5.41) is 13.1. The fourth-order valence-electron chi connectivity index (χ4n) is 3.66. The lowest BCUT2D eigenvalue weighted by Crippen LogP contribution is -2.10. The van der Waals surface area contributed by atoms with Crippen LogP contribution in [0.2, 0.25) is 0 Å². The van der Waals surface area contributed by atoms with Crippen molar-refractivity contribution >= 4 is 15.6 Å². The van der Waals surface area contributed by atoms with Gasteiger partial charge in [-0.2, -0.15) is 13.5 Å². The van der Waals surface area contributed by atoms with E-state index in [-0.39, 0.29) is 10.8 Å². The first-order chi connectivity index (χ1) is 16.3. The molecule has 2 aromatic heterocycles. The van der Waals surface area contributed by atoms with Crippen LogP contribution in [-0.2, 0) is 10.1 Å². The highest BCUT2D eigenvalue weighted by Gasteiger charge is 2.26. The molecule has 0 unspecified atom stereocenters. The molecule has 0 N–H and O–H groups in total. The highest BCUT2D eigenvalue weighted by Crippen LogP contribution is 2.37. The van der Waals surface area contributed by atoms with E-state index in [1.807, 2.05) is 37.3 Å². The molecule has 0 spiro atoms. The summed E-state index contributed by atoms with van der Waals surface area (Å²) in [6.07, 6.45) is 0. The number of hydrogen-bond acceptors (Lipinski definition) is 6. The van der Waals surface area contributed by atoms with Crippen molar-refractivity contribution in [1.29, 1.82) is 0 Å². The molecule has 170 valence electrons. The molecular weight excluding hydrogens is 455 g/mol. The molecule has 0 amide bonds. The third-order valence-electron chi connectivity index (χ3n) is 5.35. The van der Waals surface area contributed by atoms with Crippen molar-refractivity contribution in [2.45, 2.75) is 18.7 Å². The van der Waals surface area contributed by atoms with Crippen LogP contribution in [0, 0.1) is 19.7 Å². The quantitative estimate of drug-likeness (QED) is 0.334. The van der Waals surface area contributed by atoms with Crippen LogP contribution in [0.4, 0.5) is 4.39 Å². The second kappa shape index (κ2) is 8.35. The van der Waals surface area contributed by atoms with Crippen LogP contribution in [0.1, 0.15) is 11.3 Å². The number of nitrogens with zero attached hydrogens (tertiary/aromatic N) is 4. The zero-order chi connectivity index (χ0) is 23.9. The van der Waals surface area contributed by atoms with Gasteiger partial charge in [0.25, 0.3) is 5.88 Å². The summed E-state index contributed by atoms with van der Waals surface area (Å²) in [7, 11) is -4.20. The van der Waals surface area contributed by atoms with Crippen LogP contribution >= 0.6 is 0 Å². The monoisotopic (exact) mass is 474 g/mol. The van der Waals surface area contributed by atoms with Crippen molar-refractivity contribution in [2.24, 2.45) is 0 Å². The Morgan fingerprint density at radius 1 is 0.824 bits per heavy atom. The Balaban J connectivity index is 1.76. The Kier molecular flexibility index (Phi) is 5.33. The number of fused-ring (bicyclic) bond motifs is 1. The van der Waals surface area contributed by atoms with Gasteiger partial charge in [0.1, 0.15) is 16.2 Å². The molecule has 0 aliphatic carbocycles. The van der Waals surface area contributed by atoms with Crippen LogP contribution < -0.4 is 4.18 Å². The number of aryl methyl sites for hydroxylation is 2. The zero-order valence-corrected chi connectivity index (χ0v) is 19.1. The van der Waals surface area contributed by atoms with E-state index < -0.39 is 15.9 Å². The van der Waals surface area contributed by atoms with Gasteiger partial charge < -0.3 is 4.18 Å². The molecule has 0 bridgehead atoms. The molecule has 0 radical (unpaired) electrons. The van der Waals surface area contributed by atoms with Gasteiger partial charge in [-0.15, -0.1) is 10.2 Å². The number of hydrogen-bond donors (Lipinski definition) is 0. The van der Waals surface area contributed by atoms with E-state index in [0.717, 1.165) is 11.1 Å². The lowest BCUT2D eigenvalue weighted by atomic mass is 10.1. The molecule has 0 aliphatic rings. The van der Waals surface area contributed by atoms with E-state index in [9.17, 15) is 12.8 Å². The van der Waals surface area contributed by atoms with Gasteiger partial charge in [0.2, 0.25) is 0 Å². The number of benzene rings is 3. The molecule has 0 atom stereocenters. The van der Waals surface area contributed by atoms with Crippen LogP contribution in [-0.4, -0.2) is 28.2 Å². The van der Waals surface area contributed by atoms with Crippen LogP contribution in [0.3, 0.4) is 0 Å². The van der Waals surface area contributed by atoms with Crippen LogP contribution in [0.5, 0.6) is 5.88 Å². The maximum absolute atomic E-state index is 13.7. The Morgan fingerprint density at radius 2 is 1.50 bits per heavy atom. The predicted molar refractivity (Wildman–Crippen MR) is 125 cm³/mol. The standard InChI is InChI=1S/C25H19FN4O3S/c1-16-8-14-21(15-9-16)34(31,32)33-25-22(18-10-12-20(26)13-11-18)23-17(2)27-28-24(30(23)29-25)19-6-4-3-5-7-19/h3-15H,1-2H3. The maximum Gasteiger partial charge on any atom is 0.340 e. The summed E-state index contributed by atoms with van der Waals surface area (Å²) >= 11 is 0. The van der Waals surface area contributed by atoms with Crippen molar-refractivity contribution in [3.63, 3.8) is 0 Å². The van der Waals surface area contributed by atoms with Crippen LogP contribution in [0.25, 0.3) is 28.0 Å². The van der Waals surface area contributed by atoms with Crippen molar-refractivity contribution in [3.8, 4) is 28.4 Å². The van der Waals surface area contributed by atoms with Gasteiger partial charge >= 0.3 is 10.1 Å². The lowest BCUT2D eigenvalue weighted by molar-refractivity contribution is 0.474. The Hall–Kier alpha value is -4.11. The second-order valence-corrected chi connectivity index (χ2v) is 9.32. The van der Waals surface area contributed by atoms with Crippen LogP contribution in [0.15, 0.2) is 83.8 Å². The topological polar surface area (TPSA) is 86.5 Å². The first-order valence-corrected chi connectivity index (χ1v) is 11.8. The predicted octanol–water partition coefficient (Wildman–Crippen LogP) is 4.98. The largest absolute Gasteiger partial charge is 0.356 e. The van der Waals surface area contributed by atoms with Gasteiger partial charge in [0.15, 0.2) is 5.82 Å². The number of halogens is 1. The molecule has 34 heavy (non-hydrogen) atoms. The minimum absolute atomic E-state index is 0.00327. The maximum atomic E-state index is 13.7. The Labute approximate surface area is 195 Å². The van der Waals surface area contributed by atoms with E-state index in [0.29, 0.717) is 28.2 Å². The Morgan fingerprint density at radius 3 is 2.18 bits per heavy atom. The van der Waals surface area contributed by atoms with Gasteiger partial charge in [0.05, 0.1) is 11.3 Å². The molecular formula is C25H19FN4O3S. The minimum atomic E-state index is -4.20. The molecule has 7 nitrogen and oxygen atoms in total. The number of aromatic nitrogens is 4. The molecule has 9 heteroatoms. The second-order valence-electron chi connectivity index (χ2n) is 7.77. The lowest BCUT2D eigenvalue weighted by Gasteiger charge is -2.08. The highest BCUT2D eigenvalue weighted by molar-refractivity contribution is 7.87. The molecule has 0 saturated heterocycles. The third kappa shape index (κ3) is 3.90. The minimum Gasteiger partial charge on any atom is -0.356 e. The summed E-state index contributed by atoms with van der Waals surface area (Å²) in [6, 6.07) is 21.3. The average Bonchev–Trinajstić information content (AvgIpc) is 3.19. The highest BCUT2D eigenvalue weighted by atomic mass is 32.2. The first kappa shape index (κ1) is 21.7. The van der Waals surface area contributed by atoms with Gasteiger partial charge in [-0.05, 0) is 43.7 Å². The van der Waals surface area contributed by atoms with Crippen molar-refractivity contribution in [3.05, 3.63) is 95.9 Å². The molecule has 0 saturated carbocycles. The van der Waals surface area contributed by atoms with E-state index >= 15 is 0 Å². The van der Waals surface area contributed by atoms with Gasteiger partial charge in [-0.3, -0.25) is 0 Å². The fraction of sp³-hybridized carbons (Fsp3) is 0.0800. The molecule has 5 aromatic rings. The van der Waals surface area contributed by atoms with E-state index in [1.54, 1.807) is 31.2 Å². The summed E-state index contributed by atoms with van der Waals surface area (Å²) in [5.74, 6) is -0.161. The number of rotatable bonds is 5. The van der Waals surface area contributed by atoms with Crippen molar-refractivity contribution in [2.75, 3.05) is 0 Å². The van der Waals surface area contributed by atoms with E-state index in [2.05, 4.69) is 15.3 Å². The molecule has 3 aromatic carbocycles. The molecule has 5 rings (SSSR count). The van der Waals surface area contributed by atoms with Gasteiger partial charge in [-0.1, -0.05) is 60.2 Å². The normalized spacial score (nSPS) is 11.6. The Bertz CT molecular complexity index is 1600. The molecule has 0 fully saturated rings. The van der Waals surface area contributed by atoms with Gasteiger partial charge in [0, 0.05) is 5.56 Å². The van der Waals surface area contributed by atoms with Crippen molar-refractivity contribution in [1.82, 2.24) is 19.8 Å². The fourth-order valence-corrected chi connectivity index (χ4v) is 4.55. The zero-order valence-electron chi connectivity index (χ0n) is 18.3. The molecule has 0 aliphatic heterocycles. The SMILES string of the molecule is Cc1ccc(S(=O)(=O)Oc2nn3c(-c4ccccc4)nnc(C)c3c2-c2ccc(F)cc2)cc1. The first-order valence-electron chi connectivity index (χ1n) is 10.4. The summed E-state index contributed by atoms with van der Waals surface area (Å²) in [4.78, 5) is -0.00327. The smallest absolute Gasteiger partial charge is 0.340 e. The third-order valence-corrected chi connectivity index (χ3v) is 6.58. The average molecular weight is 475 g/mol. The van der Waals surface area contributed by atoms with E-state index in [4.69, 9.17) is 4.18 Å². The van der Waals surface area contributed by atoms with E-state index in [1.165, 1.54) is 28.8 Å². The summed E-state index contributed by atoms with van der Waals surface area (Å²) < 4.78 is 46.9. The van der Waals surface area contributed by atoms with Gasteiger partial charge in [-0.25, -0.2) is 8.91 Å². The summed E-state index contributed by atoms with van der Waals surface area (Å²) in [5.41, 5.74) is 3.57. The summed E-state index contributed by atoms with van der Waals surface area (Å²) in [6.45, 7) is 3.60. The molecule has 2 heterocycles. The van der Waals surface area contributed by atoms with Crippen molar-refractivity contribution < 1.29 is 17.0 Å².